The number of hydrogen-bond donors (Lipinski definition) is 0. The summed E-state index contributed by atoms with van der Waals surface area (Å²) in [6.07, 6.45) is -1.07. The van der Waals surface area contributed by atoms with Gasteiger partial charge in [-0.2, -0.15) is 0 Å². The molecule has 21 heavy (non-hydrogen) atoms. The Hall–Kier alpha value is -1.96. The van der Waals surface area contributed by atoms with Crippen molar-refractivity contribution in [2.75, 3.05) is 0 Å². The minimum Gasteiger partial charge on any atom is -0.415 e. The second-order valence-corrected chi connectivity index (χ2v) is 4.97. The second kappa shape index (κ2) is 5.80. The average Bonchev–Trinajstić information content (AvgIpc) is 2.84. The molecule has 1 aromatic carbocycles. The van der Waals surface area contributed by atoms with Gasteiger partial charge < -0.3 is 4.74 Å². The zero-order valence-corrected chi connectivity index (χ0v) is 11.3. The van der Waals surface area contributed by atoms with Gasteiger partial charge in [0, 0.05) is 11.1 Å². The third kappa shape index (κ3) is 2.90. The molecule has 2 nitrogen and oxygen atoms in total. The molecule has 2 aromatic rings. The van der Waals surface area contributed by atoms with Gasteiger partial charge in [-0.15, -0.1) is 11.3 Å². The fraction of sp³-hybridized carbons (Fsp3) is 0.154. The van der Waals surface area contributed by atoms with Crippen LogP contribution in [-0.2, 0) is 11.2 Å². The van der Waals surface area contributed by atoms with Crippen LogP contribution in [-0.4, -0.2) is 5.97 Å². The highest BCUT2D eigenvalue weighted by Gasteiger charge is 2.27. The summed E-state index contributed by atoms with van der Waals surface area (Å²) in [5.74, 6) is -11.6. The Morgan fingerprint density at radius 1 is 1.05 bits per heavy atom. The summed E-state index contributed by atoms with van der Waals surface area (Å²) in [6.45, 7) is 1.64. The largest absolute Gasteiger partial charge is 0.415 e. The van der Waals surface area contributed by atoms with Crippen LogP contribution in [0.15, 0.2) is 11.4 Å². The second-order valence-electron chi connectivity index (χ2n) is 4.09. The summed E-state index contributed by atoms with van der Waals surface area (Å²) >= 11 is 1.07. The maximum atomic E-state index is 13.4. The molecule has 0 fully saturated rings. The van der Waals surface area contributed by atoms with E-state index in [4.69, 9.17) is 4.74 Å². The topological polar surface area (TPSA) is 26.3 Å². The molecule has 8 heteroatoms. The van der Waals surface area contributed by atoms with Crippen molar-refractivity contribution in [1.29, 1.82) is 0 Å². The molecular formula is C13H7F5O2S. The lowest BCUT2D eigenvalue weighted by Gasteiger charge is -2.08. The first-order valence-electron chi connectivity index (χ1n) is 5.58. The number of esters is 1. The van der Waals surface area contributed by atoms with Crippen molar-refractivity contribution in [3.05, 3.63) is 51.7 Å². The van der Waals surface area contributed by atoms with Gasteiger partial charge in [-0.1, -0.05) is 0 Å². The molecule has 112 valence electrons. The van der Waals surface area contributed by atoms with Crippen molar-refractivity contribution in [3.8, 4) is 5.06 Å². The van der Waals surface area contributed by atoms with Gasteiger partial charge in [-0.3, -0.25) is 4.79 Å². The van der Waals surface area contributed by atoms with Crippen molar-refractivity contribution in [2.24, 2.45) is 0 Å². The highest BCUT2D eigenvalue weighted by Crippen LogP contribution is 2.27. The Labute approximate surface area is 119 Å². The van der Waals surface area contributed by atoms with Crippen molar-refractivity contribution >= 4 is 17.3 Å². The first-order chi connectivity index (χ1) is 9.82. The lowest BCUT2D eigenvalue weighted by atomic mass is 10.1. The summed E-state index contributed by atoms with van der Waals surface area (Å²) in [6, 6.07) is 1.64. The Balaban J connectivity index is 2.28. The van der Waals surface area contributed by atoms with Crippen molar-refractivity contribution in [1.82, 2.24) is 0 Å². The highest BCUT2D eigenvalue weighted by atomic mass is 32.1. The third-order valence-corrected chi connectivity index (χ3v) is 3.54. The molecular weight excluding hydrogens is 315 g/mol. The van der Waals surface area contributed by atoms with Gasteiger partial charge in [-0.05, 0) is 18.4 Å². The van der Waals surface area contributed by atoms with E-state index in [1.807, 2.05) is 0 Å². The summed E-state index contributed by atoms with van der Waals surface area (Å²) < 4.78 is 70.4. The molecule has 0 spiro atoms. The fourth-order valence-electron chi connectivity index (χ4n) is 1.55. The Kier molecular flexibility index (Phi) is 4.26. The molecule has 2 rings (SSSR count). The van der Waals surface area contributed by atoms with Crippen molar-refractivity contribution < 1.29 is 31.5 Å². The predicted octanol–water partition coefficient (Wildman–Crippen LogP) is 3.90. The van der Waals surface area contributed by atoms with Gasteiger partial charge in [-0.25, -0.2) is 22.0 Å². The number of hydrogen-bond acceptors (Lipinski definition) is 3. The molecule has 0 N–H and O–H groups in total. The smallest absolute Gasteiger partial charge is 0.316 e. The van der Waals surface area contributed by atoms with Crippen LogP contribution in [0.2, 0.25) is 0 Å². The Morgan fingerprint density at radius 2 is 1.57 bits per heavy atom. The van der Waals surface area contributed by atoms with E-state index in [2.05, 4.69) is 0 Å². The fourth-order valence-corrected chi connectivity index (χ4v) is 2.34. The first-order valence-corrected chi connectivity index (χ1v) is 6.46. The molecule has 0 bridgehead atoms. The standard InChI is InChI=1S/C13H7F5O2S/c1-5-2-3-21-13(5)20-7(19)4-6-8(14)10(16)12(18)11(17)9(6)15/h2-3H,4H2,1H3. The number of aryl methyl sites for hydroxylation is 1. The van der Waals surface area contributed by atoms with E-state index in [1.165, 1.54) is 0 Å². The van der Waals surface area contributed by atoms with Crippen LogP contribution in [0.25, 0.3) is 0 Å². The summed E-state index contributed by atoms with van der Waals surface area (Å²) in [5.41, 5.74) is -0.601. The van der Waals surface area contributed by atoms with Crippen LogP contribution >= 0.6 is 11.3 Å². The molecule has 0 unspecified atom stereocenters. The van der Waals surface area contributed by atoms with E-state index in [9.17, 15) is 26.7 Å². The SMILES string of the molecule is Cc1ccsc1OC(=O)Cc1c(F)c(F)c(F)c(F)c1F. The molecule has 0 saturated heterocycles. The highest BCUT2D eigenvalue weighted by molar-refractivity contribution is 7.12. The van der Waals surface area contributed by atoms with E-state index < -0.39 is 47.0 Å². The van der Waals surface area contributed by atoms with Crippen LogP contribution in [0.3, 0.4) is 0 Å². The summed E-state index contributed by atoms with van der Waals surface area (Å²) in [7, 11) is 0. The minimum absolute atomic E-state index is 0.198. The number of carbonyl (C=O) groups is 1. The van der Waals surface area contributed by atoms with Gasteiger partial charge in [0.25, 0.3) is 0 Å². The molecule has 0 saturated carbocycles. The third-order valence-electron chi connectivity index (χ3n) is 2.64. The summed E-state index contributed by atoms with van der Waals surface area (Å²) in [4.78, 5) is 11.6. The van der Waals surface area contributed by atoms with Gasteiger partial charge in [0.15, 0.2) is 28.3 Å². The normalized spacial score (nSPS) is 10.8. The van der Waals surface area contributed by atoms with E-state index in [-0.39, 0.29) is 5.06 Å². The molecule has 0 amide bonds. The number of ether oxygens (including phenoxy) is 1. The van der Waals surface area contributed by atoms with Gasteiger partial charge in [0.1, 0.15) is 0 Å². The van der Waals surface area contributed by atoms with Crippen LogP contribution in [0.5, 0.6) is 5.06 Å². The zero-order chi connectivity index (χ0) is 15.7. The molecule has 1 aromatic heterocycles. The molecule has 0 radical (unpaired) electrons. The number of thiophene rings is 1. The molecule has 0 aliphatic rings. The Bertz CT molecular complexity index is 682. The van der Waals surface area contributed by atoms with Gasteiger partial charge in [0.2, 0.25) is 5.82 Å². The summed E-state index contributed by atoms with van der Waals surface area (Å²) in [5, 5.41) is 1.82. The average molecular weight is 322 g/mol. The number of benzene rings is 1. The monoisotopic (exact) mass is 322 g/mol. The van der Waals surface area contributed by atoms with Crippen molar-refractivity contribution in [2.45, 2.75) is 13.3 Å². The first kappa shape index (κ1) is 15.4. The quantitative estimate of drug-likeness (QED) is 0.371. The Morgan fingerprint density at radius 3 is 2.05 bits per heavy atom. The van der Waals surface area contributed by atoms with Crippen LogP contribution in [0, 0.1) is 36.0 Å². The van der Waals surface area contributed by atoms with Crippen molar-refractivity contribution in [3.63, 3.8) is 0 Å². The van der Waals surface area contributed by atoms with Gasteiger partial charge >= 0.3 is 5.97 Å². The molecule has 1 heterocycles. The molecule has 0 atom stereocenters. The van der Waals surface area contributed by atoms with Crippen LogP contribution in [0.1, 0.15) is 11.1 Å². The number of rotatable bonds is 3. The lowest BCUT2D eigenvalue weighted by Crippen LogP contribution is -2.16. The minimum atomic E-state index is -2.27. The van der Waals surface area contributed by atoms with E-state index in [1.54, 1.807) is 18.4 Å². The zero-order valence-electron chi connectivity index (χ0n) is 10.5. The molecule has 0 aliphatic heterocycles. The van der Waals surface area contributed by atoms with Crippen LogP contribution in [0.4, 0.5) is 22.0 Å². The number of halogens is 5. The van der Waals surface area contributed by atoms with E-state index in [0.717, 1.165) is 11.3 Å². The maximum Gasteiger partial charge on any atom is 0.316 e. The molecule has 0 aliphatic carbocycles. The van der Waals surface area contributed by atoms with E-state index >= 15 is 0 Å². The number of carbonyl (C=O) groups excluding carboxylic acids is 1. The van der Waals surface area contributed by atoms with Crippen LogP contribution < -0.4 is 4.74 Å². The van der Waals surface area contributed by atoms with Gasteiger partial charge in [0.05, 0.1) is 6.42 Å². The predicted molar refractivity (Wildman–Crippen MR) is 64.6 cm³/mol. The maximum absolute atomic E-state index is 13.4. The van der Waals surface area contributed by atoms with E-state index in [0.29, 0.717) is 5.56 Å². The lowest BCUT2D eigenvalue weighted by molar-refractivity contribution is -0.133.